The zero-order valence-electron chi connectivity index (χ0n) is 17.5. The maximum atomic E-state index is 13.2. The van der Waals surface area contributed by atoms with Gasteiger partial charge in [0, 0.05) is 44.0 Å². The molecule has 5 rings (SSSR count). The zero-order chi connectivity index (χ0) is 20.7. The van der Waals surface area contributed by atoms with Gasteiger partial charge in [0.1, 0.15) is 5.69 Å². The topological polar surface area (TPSA) is 78.7 Å². The number of para-hydroxylation sites is 1. The highest BCUT2D eigenvalue weighted by atomic mass is 16.5. The molecule has 0 unspecified atom stereocenters. The van der Waals surface area contributed by atoms with Crippen molar-refractivity contribution in [2.24, 2.45) is 11.8 Å². The molecule has 3 saturated heterocycles. The maximum absolute atomic E-state index is 13.2. The van der Waals surface area contributed by atoms with E-state index in [1.165, 1.54) is 19.3 Å². The van der Waals surface area contributed by atoms with E-state index in [1.807, 2.05) is 24.3 Å². The lowest BCUT2D eigenvalue weighted by atomic mass is 9.72. The van der Waals surface area contributed by atoms with Gasteiger partial charge in [-0.3, -0.25) is 14.5 Å². The van der Waals surface area contributed by atoms with Gasteiger partial charge in [0.05, 0.1) is 6.42 Å². The molecule has 3 aliphatic rings. The molecule has 7 nitrogen and oxygen atoms in total. The van der Waals surface area contributed by atoms with Crippen molar-refractivity contribution in [2.45, 2.75) is 51.1 Å². The first kappa shape index (κ1) is 19.5. The van der Waals surface area contributed by atoms with Crippen molar-refractivity contribution < 1.29 is 14.1 Å². The van der Waals surface area contributed by atoms with Gasteiger partial charge in [0.2, 0.25) is 11.8 Å². The number of rotatable bonds is 4. The van der Waals surface area contributed by atoms with E-state index in [9.17, 15) is 9.59 Å². The molecule has 1 aromatic carbocycles. The van der Waals surface area contributed by atoms with Crippen LogP contribution >= 0.6 is 0 Å². The van der Waals surface area contributed by atoms with Gasteiger partial charge in [-0.1, -0.05) is 23.7 Å². The fraction of sp³-hybridized carbons (Fsp3) is 0.609. The number of nitrogens with zero attached hydrogens (tertiary/aromatic N) is 3. The lowest BCUT2D eigenvalue weighted by Gasteiger charge is -2.56. The zero-order valence-corrected chi connectivity index (χ0v) is 17.5. The minimum atomic E-state index is 0.0207. The molecule has 3 aliphatic heterocycles. The molecule has 0 saturated carbocycles. The van der Waals surface area contributed by atoms with Gasteiger partial charge in [0.25, 0.3) is 0 Å². The number of benzene rings is 1. The number of fused-ring (bicyclic) bond motifs is 5. The average Bonchev–Trinajstić information content (AvgIpc) is 3.16. The molecule has 1 N–H and O–H groups in total. The van der Waals surface area contributed by atoms with Crippen LogP contribution in [0.2, 0.25) is 0 Å². The molecule has 1 aromatic heterocycles. The molecule has 2 bridgehead atoms. The van der Waals surface area contributed by atoms with E-state index in [2.05, 4.69) is 20.3 Å². The molecule has 3 fully saturated rings. The summed E-state index contributed by atoms with van der Waals surface area (Å²) in [4.78, 5) is 29.5. The molecule has 0 radical (unpaired) electrons. The summed E-state index contributed by atoms with van der Waals surface area (Å²) < 4.78 is 5.39. The predicted molar refractivity (Wildman–Crippen MR) is 113 cm³/mol. The van der Waals surface area contributed by atoms with Crippen LogP contribution in [-0.2, 0) is 16.0 Å². The number of aromatic nitrogens is 1. The maximum Gasteiger partial charge on any atom is 0.228 e. The number of nitrogens with one attached hydrogen (secondary N) is 1. The largest absolute Gasteiger partial charge is 0.356 e. The van der Waals surface area contributed by atoms with Crippen LogP contribution in [0.25, 0.3) is 11.0 Å². The Morgan fingerprint density at radius 3 is 2.90 bits per heavy atom. The molecule has 30 heavy (non-hydrogen) atoms. The quantitative estimate of drug-likeness (QED) is 0.836. The van der Waals surface area contributed by atoms with E-state index in [0.717, 1.165) is 42.7 Å². The standard InChI is InChI=1S/C23H30N4O3/c1-15(28)24-12-21-17-10-16(20-7-4-5-9-27(20)21)13-26(14-17)23(29)11-19-18-6-2-3-8-22(18)30-25-19/h2-3,6,8,16-17,20-21H,4-5,7,9-14H2,1H3,(H,24,28)/t16-,17+,20+,21+/m1/s1. The summed E-state index contributed by atoms with van der Waals surface area (Å²) >= 11 is 0. The van der Waals surface area contributed by atoms with Gasteiger partial charge >= 0.3 is 0 Å². The lowest BCUT2D eigenvalue weighted by molar-refractivity contribution is -0.140. The third-order valence-electron chi connectivity index (χ3n) is 7.31. The first-order chi connectivity index (χ1) is 14.6. The predicted octanol–water partition coefficient (Wildman–Crippen LogP) is 2.21. The van der Waals surface area contributed by atoms with E-state index in [1.54, 1.807) is 6.92 Å². The Balaban J connectivity index is 1.34. The molecule has 4 atom stereocenters. The van der Waals surface area contributed by atoms with Crippen molar-refractivity contribution >= 4 is 22.8 Å². The first-order valence-electron chi connectivity index (χ1n) is 11.2. The van der Waals surface area contributed by atoms with Crippen LogP contribution in [0.15, 0.2) is 28.8 Å². The summed E-state index contributed by atoms with van der Waals surface area (Å²) in [7, 11) is 0. The normalized spacial score (nSPS) is 28.9. The number of hydrogen-bond acceptors (Lipinski definition) is 5. The highest BCUT2D eigenvalue weighted by molar-refractivity contribution is 5.86. The van der Waals surface area contributed by atoms with Crippen LogP contribution in [0, 0.1) is 11.8 Å². The van der Waals surface area contributed by atoms with Crippen LogP contribution in [0.3, 0.4) is 0 Å². The van der Waals surface area contributed by atoms with Crippen molar-refractivity contribution in [3.63, 3.8) is 0 Å². The molecule has 160 valence electrons. The lowest BCUT2D eigenvalue weighted by Crippen LogP contribution is -2.66. The highest BCUT2D eigenvalue weighted by Crippen LogP contribution is 2.41. The number of piperidine rings is 3. The van der Waals surface area contributed by atoms with Crippen LogP contribution in [0.4, 0.5) is 0 Å². The van der Waals surface area contributed by atoms with Gasteiger partial charge in [-0.05, 0) is 49.8 Å². The van der Waals surface area contributed by atoms with Crippen molar-refractivity contribution in [2.75, 3.05) is 26.2 Å². The van der Waals surface area contributed by atoms with Gasteiger partial charge in [-0.2, -0.15) is 0 Å². The second-order valence-electron chi connectivity index (χ2n) is 9.16. The molecule has 4 heterocycles. The van der Waals surface area contributed by atoms with Crippen molar-refractivity contribution in [1.29, 1.82) is 0 Å². The molecule has 0 spiro atoms. The Morgan fingerprint density at radius 2 is 2.03 bits per heavy atom. The smallest absolute Gasteiger partial charge is 0.228 e. The summed E-state index contributed by atoms with van der Waals surface area (Å²) in [5, 5.41) is 8.12. The van der Waals surface area contributed by atoms with Crippen LogP contribution in [-0.4, -0.2) is 65.0 Å². The van der Waals surface area contributed by atoms with E-state index < -0.39 is 0 Å². The Bertz CT molecular complexity index is 941. The first-order valence-corrected chi connectivity index (χ1v) is 11.2. The second kappa shape index (κ2) is 8.02. The second-order valence-corrected chi connectivity index (χ2v) is 9.16. The van der Waals surface area contributed by atoms with Crippen LogP contribution < -0.4 is 5.32 Å². The van der Waals surface area contributed by atoms with Crippen molar-refractivity contribution in [3.8, 4) is 0 Å². The van der Waals surface area contributed by atoms with Gasteiger partial charge in [-0.25, -0.2) is 0 Å². The van der Waals surface area contributed by atoms with Crippen molar-refractivity contribution in [1.82, 2.24) is 20.3 Å². The van der Waals surface area contributed by atoms with E-state index in [0.29, 0.717) is 30.5 Å². The molecule has 2 amide bonds. The summed E-state index contributed by atoms with van der Waals surface area (Å²) in [6.07, 6.45) is 5.12. The van der Waals surface area contributed by atoms with E-state index >= 15 is 0 Å². The van der Waals surface area contributed by atoms with E-state index in [4.69, 9.17) is 4.52 Å². The molecule has 2 aromatic rings. The monoisotopic (exact) mass is 410 g/mol. The van der Waals surface area contributed by atoms with Gasteiger partial charge in [0.15, 0.2) is 5.58 Å². The third kappa shape index (κ3) is 3.60. The van der Waals surface area contributed by atoms with Crippen molar-refractivity contribution in [3.05, 3.63) is 30.0 Å². The van der Waals surface area contributed by atoms with Crippen LogP contribution in [0.1, 0.15) is 38.3 Å². The molecule has 7 heteroatoms. The highest BCUT2D eigenvalue weighted by Gasteiger charge is 2.47. The summed E-state index contributed by atoms with van der Waals surface area (Å²) in [6.45, 7) is 4.97. The summed E-state index contributed by atoms with van der Waals surface area (Å²) in [5.41, 5.74) is 1.45. The molecule has 0 aliphatic carbocycles. The Morgan fingerprint density at radius 1 is 1.20 bits per heavy atom. The van der Waals surface area contributed by atoms with Crippen LogP contribution in [0.5, 0.6) is 0 Å². The molecular formula is C23H30N4O3. The van der Waals surface area contributed by atoms with Gasteiger partial charge in [-0.15, -0.1) is 0 Å². The minimum Gasteiger partial charge on any atom is -0.356 e. The number of hydrogen-bond donors (Lipinski definition) is 1. The third-order valence-corrected chi connectivity index (χ3v) is 7.31. The number of carbonyl (C=O) groups excluding carboxylic acids is 2. The van der Waals surface area contributed by atoms with E-state index in [-0.39, 0.29) is 18.2 Å². The number of likely N-dealkylation sites (tertiary alicyclic amines) is 1. The number of amides is 2. The average molecular weight is 411 g/mol. The Labute approximate surface area is 176 Å². The SMILES string of the molecule is CC(=O)NC[C@H]1[C@H]2C[C@H](CN(C(=O)Cc3noc4ccccc34)C2)[C@@H]2CCCCN21. The summed E-state index contributed by atoms with van der Waals surface area (Å²) in [6, 6.07) is 8.55. The molecular weight excluding hydrogens is 380 g/mol. The fourth-order valence-electron chi connectivity index (χ4n) is 5.96. The fourth-order valence-corrected chi connectivity index (χ4v) is 5.96. The Kier molecular flexibility index (Phi) is 5.23. The number of carbonyl (C=O) groups is 2. The minimum absolute atomic E-state index is 0.0207. The van der Waals surface area contributed by atoms with Gasteiger partial charge < -0.3 is 14.7 Å². The summed E-state index contributed by atoms with van der Waals surface area (Å²) in [5.74, 6) is 1.08. The Hall–Kier alpha value is -2.41.